The zero-order valence-corrected chi connectivity index (χ0v) is 12.8. The maximum atomic E-state index is 3.61. The lowest BCUT2D eigenvalue weighted by Gasteiger charge is -2.33. The fraction of sp³-hybridized carbons (Fsp3) is 0.571. The van der Waals surface area contributed by atoms with Crippen molar-refractivity contribution < 1.29 is 0 Å². The van der Waals surface area contributed by atoms with Crippen LogP contribution in [0.3, 0.4) is 0 Å². The van der Waals surface area contributed by atoms with Crippen molar-refractivity contribution in [2.75, 3.05) is 40.3 Å². The van der Waals surface area contributed by atoms with E-state index in [1.165, 1.54) is 10.0 Å². The van der Waals surface area contributed by atoms with Gasteiger partial charge in [-0.3, -0.25) is 0 Å². The molecule has 18 heavy (non-hydrogen) atoms. The lowest BCUT2D eigenvalue weighted by molar-refractivity contribution is 0.192. The lowest BCUT2D eigenvalue weighted by Crippen LogP contribution is -2.53. The quantitative estimate of drug-likeness (QED) is 0.914. The summed E-state index contributed by atoms with van der Waals surface area (Å²) in [5.74, 6) is 0. The van der Waals surface area contributed by atoms with Crippen molar-refractivity contribution in [1.82, 2.24) is 15.1 Å². The molecule has 1 atom stereocenters. The molecular formula is C14H22BrN3. The van der Waals surface area contributed by atoms with Gasteiger partial charge in [0.2, 0.25) is 0 Å². The molecule has 1 aromatic carbocycles. The van der Waals surface area contributed by atoms with E-state index in [9.17, 15) is 0 Å². The average molecular weight is 312 g/mol. The third-order valence-corrected chi connectivity index (χ3v) is 4.16. The third kappa shape index (κ3) is 4.05. The van der Waals surface area contributed by atoms with E-state index >= 15 is 0 Å². The van der Waals surface area contributed by atoms with Gasteiger partial charge in [-0.2, -0.15) is 0 Å². The van der Waals surface area contributed by atoms with E-state index in [-0.39, 0.29) is 0 Å². The van der Waals surface area contributed by atoms with Gasteiger partial charge >= 0.3 is 0 Å². The zero-order valence-electron chi connectivity index (χ0n) is 11.2. The molecule has 1 aliphatic heterocycles. The van der Waals surface area contributed by atoms with Crippen LogP contribution in [-0.4, -0.2) is 56.1 Å². The van der Waals surface area contributed by atoms with E-state index in [4.69, 9.17) is 0 Å². The fourth-order valence-corrected chi connectivity index (χ4v) is 2.88. The summed E-state index contributed by atoms with van der Waals surface area (Å²) in [7, 11) is 4.39. The number of halogens is 1. The topological polar surface area (TPSA) is 18.5 Å². The van der Waals surface area contributed by atoms with Crippen LogP contribution in [0.4, 0.5) is 0 Å². The number of nitrogens with zero attached hydrogens (tertiary/aromatic N) is 2. The van der Waals surface area contributed by atoms with Crippen molar-refractivity contribution in [3.8, 4) is 0 Å². The molecule has 100 valence electrons. The fourth-order valence-electron chi connectivity index (χ4n) is 2.47. The molecule has 1 heterocycles. The number of hydrogen-bond donors (Lipinski definition) is 1. The standard InChI is InChI=1S/C14H22BrN3/c1-17-8-7-16-13(10-17)11-18(2)9-12-5-3-4-6-14(12)15/h3-6,13,16H,7-11H2,1-2H3. The van der Waals surface area contributed by atoms with Crippen molar-refractivity contribution in [2.24, 2.45) is 0 Å². The summed E-state index contributed by atoms with van der Waals surface area (Å²) in [6.45, 7) is 5.48. The second-order valence-electron chi connectivity index (χ2n) is 5.20. The molecule has 0 aromatic heterocycles. The van der Waals surface area contributed by atoms with Gasteiger partial charge in [0.15, 0.2) is 0 Å². The molecule has 0 aliphatic carbocycles. The minimum absolute atomic E-state index is 0.580. The molecule has 0 amide bonds. The van der Waals surface area contributed by atoms with Gasteiger partial charge < -0.3 is 15.1 Å². The van der Waals surface area contributed by atoms with E-state index in [0.717, 1.165) is 32.7 Å². The highest BCUT2D eigenvalue weighted by Crippen LogP contribution is 2.17. The first-order valence-corrected chi connectivity index (χ1v) is 7.28. The van der Waals surface area contributed by atoms with Crippen molar-refractivity contribution in [3.05, 3.63) is 34.3 Å². The molecule has 2 rings (SSSR count). The molecule has 1 unspecified atom stereocenters. The van der Waals surface area contributed by atoms with Crippen LogP contribution >= 0.6 is 15.9 Å². The maximum absolute atomic E-state index is 3.61. The molecule has 0 bridgehead atoms. The Balaban J connectivity index is 1.85. The van der Waals surface area contributed by atoms with E-state index in [1.807, 2.05) is 0 Å². The second-order valence-corrected chi connectivity index (χ2v) is 6.06. The molecule has 0 spiro atoms. The number of likely N-dealkylation sites (N-methyl/N-ethyl adjacent to an activating group) is 2. The number of piperazine rings is 1. The summed E-state index contributed by atoms with van der Waals surface area (Å²) in [6.07, 6.45) is 0. The minimum Gasteiger partial charge on any atom is -0.310 e. The molecule has 1 fully saturated rings. The molecule has 1 N–H and O–H groups in total. The van der Waals surface area contributed by atoms with Crippen molar-refractivity contribution >= 4 is 15.9 Å². The van der Waals surface area contributed by atoms with Crippen LogP contribution in [0.5, 0.6) is 0 Å². The van der Waals surface area contributed by atoms with Crippen LogP contribution in [0.1, 0.15) is 5.56 Å². The highest BCUT2D eigenvalue weighted by molar-refractivity contribution is 9.10. The Morgan fingerprint density at radius 3 is 2.94 bits per heavy atom. The molecular weight excluding hydrogens is 290 g/mol. The first-order valence-electron chi connectivity index (χ1n) is 6.49. The van der Waals surface area contributed by atoms with Crippen LogP contribution in [0.25, 0.3) is 0 Å². The van der Waals surface area contributed by atoms with Crippen molar-refractivity contribution in [1.29, 1.82) is 0 Å². The predicted molar refractivity (Wildman–Crippen MR) is 79.8 cm³/mol. The Labute approximate surface area is 118 Å². The monoisotopic (exact) mass is 311 g/mol. The Hall–Kier alpha value is -0.420. The summed E-state index contributed by atoms with van der Waals surface area (Å²) < 4.78 is 1.20. The van der Waals surface area contributed by atoms with Gasteiger partial charge in [0.05, 0.1) is 0 Å². The average Bonchev–Trinajstić information content (AvgIpc) is 2.32. The van der Waals surface area contributed by atoms with Crippen LogP contribution in [0, 0.1) is 0 Å². The van der Waals surface area contributed by atoms with Gasteiger partial charge in [-0.25, -0.2) is 0 Å². The molecule has 3 nitrogen and oxygen atoms in total. The smallest absolute Gasteiger partial charge is 0.0323 e. The highest BCUT2D eigenvalue weighted by atomic mass is 79.9. The zero-order chi connectivity index (χ0) is 13.0. The summed E-state index contributed by atoms with van der Waals surface area (Å²) in [5.41, 5.74) is 1.35. The van der Waals surface area contributed by atoms with Gasteiger partial charge in [0, 0.05) is 43.2 Å². The number of rotatable bonds is 4. The van der Waals surface area contributed by atoms with Gasteiger partial charge in [-0.1, -0.05) is 34.1 Å². The number of hydrogen-bond acceptors (Lipinski definition) is 3. The Bertz CT molecular complexity index is 383. The molecule has 0 radical (unpaired) electrons. The summed E-state index contributed by atoms with van der Waals surface area (Å²) >= 11 is 3.61. The minimum atomic E-state index is 0.580. The third-order valence-electron chi connectivity index (χ3n) is 3.39. The molecule has 0 saturated carbocycles. The molecule has 1 aliphatic rings. The normalized spacial score (nSPS) is 21.4. The van der Waals surface area contributed by atoms with Gasteiger partial charge in [0.25, 0.3) is 0 Å². The van der Waals surface area contributed by atoms with E-state index in [2.05, 4.69) is 69.4 Å². The molecule has 1 saturated heterocycles. The van der Waals surface area contributed by atoms with E-state index in [0.29, 0.717) is 6.04 Å². The van der Waals surface area contributed by atoms with Crippen molar-refractivity contribution in [3.63, 3.8) is 0 Å². The molecule has 4 heteroatoms. The van der Waals surface area contributed by atoms with Crippen LogP contribution in [0.2, 0.25) is 0 Å². The first kappa shape index (κ1) is 14.0. The predicted octanol–water partition coefficient (Wildman–Crippen LogP) is 1.78. The Kier molecular flexibility index (Phi) is 5.18. The summed E-state index contributed by atoms with van der Waals surface area (Å²) in [6, 6.07) is 9.03. The number of benzene rings is 1. The van der Waals surface area contributed by atoms with Gasteiger partial charge in [-0.15, -0.1) is 0 Å². The SMILES string of the molecule is CN1CCNC(CN(C)Cc2ccccc2Br)C1. The second kappa shape index (κ2) is 6.66. The first-order chi connectivity index (χ1) is 8.65. The van der Waals surface area contributed by atoms with Crippen LogP contribution < -0.4 is 5.32 Å². The van der Waals surface area contributed by atoms with E-state index in [1.54, 1.807) is 0 Å². The number of nitrogens with one attached hydrogen (secondary N) is 1. The van der Waals surface area contributed by atoms with Crippen LogP contribution in [0.15, 0.2) is 28.7 Å². The molecule has 1 aromatic rings. The lowest BCUT2D eigenvalue weighted by atomic mass is 10.2. The maximum Gasteiger partial charge on any atom is 0.0323 e. The summed E-state index contributed by atoms with van der Waals surface area (Å²) in [4.78, 5) is 4.78. The van der Waals surface area contributed by atoms with Gasteiger partial charge in [-0.05, 0) is 25.7 Å². The Morgan fingerprint density at radius 2 is 2.22 bits per heavy atom. The summed E-state index contributed by atoms with van der Waals surface area (Å²) in [5, 5.41) is 3.59. The highest BCUT2D eigenvalue weighted by Gasteiger charge is 2.18. The van der Waals surface area contributed by atoms with Crippen molar-refractivity contribution in [2.45, 2.75) is 12.6 Å². The van der Waals surface area contributed by atoms with Gasteiger partial charge in [0.1, 0.15) is 0 Å². The Morgan fingerprint density at radius 1 is 1.44 bits per heavy atom. The van der Waals surface area contributed by atoms with E-state index < -0.39 is 0 Å². The largest absolute Gasteiger partial charge is 0.310 e. The van der Waals surface area contributed by atoms with Crippen LogP contribution in [-0.2, 0) is 6.54 Å².